The molecule has 4 heteroatoms. The van der Waals surface area contributed by atoms with Crippen molar-refractivity contribution >= 4 is 0 Å². The fraction of sp³-hybridized carbons (Fsp3) is 0.167. The Hall–Kier alpha value is -2.10. The van der Waals surface area contributed by atoms with Gasteiger partial charge in [-0.2, -0.15) is 0 Å². The summed E-state index contributed by atoms with van der Waals surface area (Å²) >= 11 is 0. The molecule has 0 aliphatic carbocycles. The Bertz CT molecular complexity index is 561. The highest BCUT2D eigenvalue weighted by molar-refractivity contribution is 5.63. The van der Waals surface area contributed by atoms with Crippen molar-refractivity contribution in [3.63, 3.8) is 0 Å². The van der Waals surface area contributed by atoms with Crippen LogP contribution < -0.4 is 10.3 Å². The van der Waals surface area contributed by atoms with Gasteiger partial charge in [-0.15, -0.1) is 0 Å². The molecule has 0 spiro atoms. The van der Waals surface area contributed by atoms with Gasteiger partial charge in [0.25, 0.3) is 5.56 Å². The summed E-state index contributed by atoms with van der Waals surface area (Å²) in [5, 5.41) is 0. The maximum absolute atomic E-state index is 11.7. The van der Waals surface area contributed by atoms with Crippen LogP contribution in [0.1, 0.15) is 5.82 Å². The van der Waals surface area contributed by atoms with E-state index in [0.717, 1.165) is 11.3 Å². The standard InChI is InChI=1S/C12H12N2O2/c1-8-13-7-11(12(15)14-8)9-4-3-5-10(6-9)16-2/h3-7H,1-2H3,(H,13,14,15). The fourth-order valence-electron chi connectivity index (χ4n) is 1.48. The average molecular weight is 216 g/mol. The summed E-state index contributed by atoms with van der Waals surface area (Å²) in [4.78, 5) is 18.4. The SMILES string of the molecule is COc1cccc(-c2cnc(C)[nH]c2=O)c1. The number of aromatic nitrogens is 2. The topological polar surface area (TPSA) is 55.0 Å². The van der Waals surface area contributed by atoms with Crippen molar-refractivity contribution in [1.82, 2.24) is 9.97 Å². The molecule has 0 atom stereocenters. The molecule has 1 aromatic carbocycles. The predicted octanol–water partition coefficient (Wildman–Crippen LogP) is 1.75. The zero-order valence-corrected chi connectivity index (χ0v) is 9.15. The number of hydrogen-bond donors (Lipinski definition) is 1. The molecule has 0 aliphatic heterocycles. The van der Waals surface area contributed by atoms with Crippen molar-refractivity contribution < 1.29 is 4.74 Å². The van der Waals surface area contributed by atoms with E-state index in [1.165, 1.54) is 0 Å². The van der Waals surface area contributed by atoms with E-state index in [2.05, 4.69) is 9.97 Å². The van der Waals surface area contributed by atoms with Crippen molar-refractivity contribution in [3.05, 3.63) is 46.6 Å². The molecule has 16 heavy (non-hydrogen) atoms. The van der Waals surface area contributed by atoms with Crippen molar-refractivity contribution in [3.8, 4) is 16.9 Å². The van der Waals surface area contributed by atoms with Crippen molar-refractivity contribution in [1.29, 1.82) is 0 Å². The van der Waals surface area contributed by atoms with Gasteiger partial charge in [0, 0.05) is 6.20 Å². The van der Waals surface area contributed by atoms with Crippen LogP contribution in [-0.2, 0) is 0 Å². The van der Waals surface area contributed by atoms with Gasteiger partial charge in [-0.05, 0) is 24.6 Å². The average Bonchev–Trinajstić information content (AvgIpc) is 2.29. The summed E-state index contributed by atoms with van der Waals surface area (Å²) in [5.74, 6) is 1.33. The van der Waals surface area contributed by atoms with Crippen LogP contribution in [0.5, 0.6) is 5.75 Å². The Morgan fingerprint density at radius 3 is 2.88 bits per heavy atom. The third-order valence-electron chi connectivity index (χ3n) is 2.31. The predicted molar refractivity (Wildman–Crippen MR) is 61.6 cm³/mol. The Labute approximate surface area is 92.9 Å². The lowest BCUT2D eigenvalue weighted by Crippen LogP contribution is -2.11. The molecule has 0 aliphatic rings. The number of methoxy groups -OCH3 is 1. The second kappa shape index (κ2) is 4.18. The maximum atomic E-state index is 11.7. The summed E-state index contributed by atoms with van der Waals surface area (Å²) in [7, 11) is 1.59. The summed E-state index contributed by atoms with van der Waals surface area (Å²) < 4.78 is 5.11. The number of aromatic amines is 1. The van der Waals surface area contributed by atoms with Gasteiger partial charge in [-0.25, -0.2) is 4.98 Å². The smallest absolute Gasteiger partial charge is 0.258 e. The van der Waals surface area contributed by atoms with E-state index in [4.69, 9.17) is 4.74 Å². The van der Waals surface area contributed by atoms with Crippen LogP contribution in [0.15, 0.2) is 35.3 Å². The minimum atomic E-state index is -0.138. The van der Waals surface area contributed by atoms with Crippen LogP contribution in [0.3, 0.4) is 0 Å². The summed E-state index contributed by atoms with van der Waals surface area (Å²) in [5.41, 5.74) is 1.21. The van der Waals surface area contributed by atoms with E-state index >= 15 is 0 Å². The lowest BCUT2D eigenvalue weighted by atomic mass is 10.1. The molecule has 1 aromatic heterocycles. The van der Waals surface area contributed by atoms with Crippen LogP contribution in [0.4, 0.5) is 0 Å². The van der Waals surface area contributed by atoms with Gasteiger partial charge in [-0.1, -0.05) is 12.1 Å². The Morgan fingerprint density at radius 2 is 2.19 bits per heavy atom. The third kappa shape index (κ3) is 1.95. The first-order valence-corrected chi connectivity index (χ1v) is 4.91. The number of H-pyrrole nitrogens is 1. The van der Waals surface area contributed by atoms with E-state index in [1.807, 2.05) is 24.3 Å². The second-order valence-electron chi connectivity index (χ2n) is 3.44. The van der Waals surface area contributed by atoms with Gasteiger partial charge < -0.3 is 9.72 Å². The molecular formula is C12H12N2O2. The molecule has 0 radical (unpaired) electrons. The molecule has 0 unspecified atom stereocenters. The van der Waals surface area contributed by atoms with Crippen molar-refractivity contribution in [2.24, 2.45) is 0 Å². The molecule has 0 saturated heterocycles. The highest BCUT2D eigenvalue weighted by Crippen LogP contribution is 2.20. The Balaban J connectivity index is 2.54. The van der Waals surface area contributed by atoms with Gasteiger partial charge in [0.15, 0.2) is 0 Å². The van der Waals surface area contributed by atoms with Crippen LogP contribution >= 0.6 is 0 Å². The Kier molecular flexibility index (Phi) is 2.72. The number of hydrogen-bond acceptors (Lipinski definition) is 3. The summed E-state index contributed by atoms with van der Waals surface area (Å²) in [6, 6.07) is 7.33. The monoisotopic (exact) mass is 216 g/mol. The molecule has 82 valence electrons. The molecule has 1 N–H and O–H groups in total. The van der Waals surface area contributed by atoms with E-state index in [-0.39, 0.29) is 5.56 Å². The molecule has 1 heterocycles. The number of ether oxygens (including phenoxy) is 1. The molecule has 4 nitrogen and oxygen atoms in total. The molecule has 2 aromatic rings. The first-order valence-electron chi connectivity index (χ1n) is 4.91. The quantitative estimate of drug-likeness (QED) is 0.832. The van der Waals surface area contributed by atoms with Gasteiger partial charge in [-0.3, -0.25) is 4.79 Å². The minimum Gasteiger partial charge on any atom is -0.497 e. The van der Waals surface area contributed by atoms with Gasteiger partial charge in [0.1, 0.15) is 11.6 Å². The highest BCUT2D eigenvalue weighted by atomic mass is 16.5. The third-order valence-corrected chi connectivity index (χ3v) is 2.31. The summed E-state index contributed by atoms with van der Waals surface area (Å²) in [6.07, 6.45) is 1.57. The lowest BCUT2D eigenvalue weighted by molar-refractivity contribution is 0.415. The number of nitrogens with zero attached hydrogens (tertiary/aromatic N) is 1. The van der Waals surface area contributed by atoms with E-state index in [0.29, 0.717) is 11.4 Å². The molecule has 0 saturated carbocycles. The van der Waals surface area contributed by atoms with Crippen LogP contribution in [-0.4, -0.2) is 17.1 Å². The van der Waals surface area contributed by atoms with Crippen molar-refractivity contribution in [2.75, 3.05) is 7.11 Å². The van der Waals surface area contributed by atoms with Crippen LogP contribution in [0, 0.1) is 6.92 Å². The van der Waals surface area contributed by atoms with E-state index in [1.54, 1.807) is 20.2 Å². The van der Waals surface area contributed by atoms with E-state index in [9.17, 15) is 4.79 Å². The van der Waals surface area contributed by atoms with E-state index < -0.39 is 0 Å². The minimum absolute atomic E-state index is 0.138. The first-order chi connectivity index (χ1) is 7.70. The zero-order valence-electron chi connectivity index (χ0n) is 9.15. The molecule has 0 bridgehead atoms. The van der Waals surface area contributed by atoms with Gasteiger partial charge in [0.05, 0.1) is 12.7 Å². The molecule has 2 rings (SSSR count). The lowest BCUT2D eigenvalue weighted by Gasteiger charge is -2.03. The highest BCUT2D eigenvalue weighted by Gasteiger charge is 2.04. The molecular weight excluding hydrogens is 204 g/mol. The number of rotatable bonds is 2. The number of nitrogens with one attached hydrogen (secondary N) is 1. The van der Waals surface area contributed by atoms with Gasteiger partial charge in [0.2, 0.25) is 0 Å². The zero-order chi connectivity index (χ0) is 11.5. The van der Waals surface area contributed by atoms with Gasteiger partial charge >= 0.3 is 0 Å². The Morgan fingerprint density at radius 1 is 1.38 bits per heavy atom. The summed E-state index contributed by atoms with van der Waals surface area (Å²) in [6.45, 7) is 1.75. The van der Waals surface area contributed by atoms with Crippen LogP contribution in [0.25, 0.3) is 11.1 Å². The molecule has 0 amide bonds. The number of benzene rings is 1. The normalized spacial score (nSPS) is 10.1. The number of aryl methyl sites for hydroxylation is 1. The van der Waals surface area contributed by atoms with Crippen LogP contribution in [0.2, 0.25) is 0 Å². The largest absolute Gasteiger partial charge is 0.497 e. The van der Waals surface area contributed by atoms with Crippen molar-refractivity contribution in [2.45, 2.75) is 6.92 Å². The first kappa shape index (κ1) is 10.4. The second-order valence-corrected chi connectivity index (χ2v) is 3.44. The molecule has 0 fully saturated rings. The maximum Gasteiger partial charge on any atom is 0.258 e. The fourth-order valence-corrected chi connectivity index (χ4v) is 1.48.